The van der Waals surface area contributed by atoms with E-state index in [2.05, 4.69) is 11.2 Å². The quantitative estimate of drug-likeness (QED) is 0.569. The zero-order valence-electron chi connectivity index (χ0n) is 13.1. The molecule has 1 heterocycles. The molecule has 1 aromatic rings. The van der Waals surface area contributed by atoms with Crippen LogP contribution >= 0.6 is 11.8 Å². The minimum Gasteiger partial charge on any atom is -0.395 e. The largest absolute Gasteiger partial charge is 0.395 e. The van der Waals surface area contributed by atoms with Crippen LogP contribution in [-0.4, -0.2) is 11.7 Å². The Morgan fingerprint density at radius 1 is 1.17 bits per heavy atom. The van der Waals surface area contributed by atoms with Gasteiger partial charge in [-0.3, -0.25) is 0 Å². The minimum atomic E-state index is 0.650. The van der Waals surface area contributed by atoms with Gasteiger partial charge in [0.05, 0.1) is 5.57 Å². The highest BCUT2D eigenvalue weighted by Crippen LogP contribution is 2.34. The summed E-state index contributed by atoms with van der Waals surface area (Å²) in [5.41, 5.74) is 1.62. The van der Waals surface area contributed by atoms with Crippen molar-refractivity contribution in [1.82, 2.24) is 0 Å². The van der Waals surface area contributed by atoms with Crippen LogP contribution in [0.1, 0.15) is 37.7 Å². The number of hydrogen-bond acceptors (Lipinski definition) is 4. The van der Waals surface area contributed by atoms with Gasteiger partial charge in [-0.2, -0.15) is 5.26 Å². The molecule has 0 atom stereocenters. The monoisotopic (exact) mass is 324 g/mol. The highest BCUT2D eigenvalue weighted by atomic mass is 32.2. The Bertz CT molecular complexity index is 664. The zero-order valence-corrected chi connectivity index (χ0v) is 13.9. The SMILES string of the molecule is N#C/C(=C1C=C/C(=N\OCC2CCCCC2)S/1)c1ccccc1. The summed E-state index contributed by atoms with van der Waals surface area (Å²) in [4.78, 5) is 6.46. The number of nitriles is 1. The molecule has 0 unspecified atom stereocenters. The molecule has 118 valence electrons. The first-order valence-corrected chi connectivity index (χ1v) is 8.94. The van der Waals surface area contributed by atoms with E-state index in [1.165, 1.54) is 43.9 Å². The average Bonchev–Trinajstić information content (AvgIpc) is 3.06. The molecule has 23 heavy (non-hydrogen) atoms. The van der Waals surface area contributed by atoms with Crippen molar-refractivity contribution < 1.29 is 4.84 Å². The van der Waals surface area contributed by atoms with E-state index in [1.807, 2.05) is 42.5 Å². The fourth-order valence-corrected chi connectivity index (χ4v) is 3.79. The molecule has 1 aromatic carbocycles. The molecule has 0 radical (unpaired) electrons. The molecule has 2 aliphatic rings. The molecule has 1 fully saturated rings. The van der Waals surface area contributed by atoms with E-state index in [-0.39, 0.29) is 0 Å². The molecule has 0 N–H and O–H groups in total. The third kappa shape index (κ3) is 4.27. The van der Waals surface area contributed by atoms with Gasteiger partial charge in [0.15, 0.2) is 0 Å². The second-order valence-corrected chi connectivity index (χ2v) is 6.94. The van der Waals surface area contributed by atoms with Crippen LogP contribution in [-0.2, 0) is 4.84 Å². The topological polar surface area (TPSA) is 45.4 Å². The maximum atomic E-state index is 9.45. The summed E-state index contributed by atoms with van der Waals surface area (Å²) in [5, 5.41) is 14.5. The first-order chi connectivity index (χ1) is 11.4. The first-order valence-electron chi connectivity index (χ1n) is 8.12. The standard InChI is InChI=1S/C19H20N2OS/c20-13-17(16-9-5-2-6-10-16)18-11-12-19(23-18)21-22-14-15-7-3-1-4-8-15/h2,5-6,9-12,15H,1,3-4,7-8,14H2/b18-17+,21-19+. The van der Waals surface area contributed by atoms with E-state index in [0.717, 1.165) is 15.5 Å². The number of hydrogen-bond donors (Lipinski definition) is 0. The summed E-state index contributed by atoms with van der Waals surface area (Å²) in [6.07, 6.45) is 10.4. The van der Waals surface area contributed by atoms with Crippen LogP contribution in [0.4, 0.5) is 0 Å². The molecule has 0 saturated heterocycles. The number of oxime groups is 1. The van der Waals surface area contributed by atoms with Crippen LogP contribution in [0, 0.1) is 17.2 Å². The molecule has 1 aliphatic heterocycles. The predicted molar refractivity (Wildman–Crippen MR) is 95.7 cm³/mol. The lowest BCUT2D eigenvalue weighted by Crippen LogP contribution is -2.11. The van der Waals surface area contributed by atoms with Crippen molar-refractivity contribution in [2.45, 2.75) is 32.1 Å². The Balaban J connectivity index is 1.61. The third-order valence-corrected chi connectivity index (χ3v) is 5.18. The second-order valence-electron chi connectivity index (χ2n) is 5.88. The minimum absolute atomic E-state index is 0.650. The lowest BCUT2D eigenvalue weighted by molar-refractivity contribution is 0.0925. The van der Waals surface area contributed by atoms with E-state index in [0.29, 0.717) is 18.1 Å². The van der Waals surface area contributed by atoms with Gasteiger partial charge in [-0.25, -0.2) is 0 Å². The summed E-state index contributed by atoms with van der Waals surface area (Å²) in [7, 11) is 0. The highest BCUT2D eigenvalue weighted by molar-refractivity contribution is 8.18. The van der Waals surface area contributed by atoms with Gasteiger partial charge < -0.3 is 4.84 Å². The van der Waals surface area contributed by atoms with Gasteiger partial charge in [0.25, 0.3) is 0 Å². The van der Waals surface area contributed by atoms with Gasteiger partial charge in [-0.15, -0.1) is 0 Å². The Kier molecular flexibility index (Phi) is 5.55. The van der Waals surface area contributed by atoms with Crippen molar-refractivity contribution in [1.29, 1.82) is 5.26 Å². The lowest BCUT2D eigenvalue weighted by atomic mass is 9.90. The molecule has 0 bridgehead atoms. The van der Waals surface area contributed by atoms with Crippen molar-refractivity contribution in [3.05, 3.63) is 53.0 Å². The summed E-state index contributed by atoms with van der Waals surface area (Å²) in [6, 6.07) is 12.0. The Labute approximate surface area is 141 Å². The molecule has 1 saturated carbocycles. The van der Waals surface area contributed by atoms with Gasteiger partial charge in [0, 0.05) is 4.91 Å². The molecule has 4 heteroatoms. The average molecular weight is 324 g/mol. The van der Waals surface area contributed by atoms with Crippen molar-refractivity contribution in [2.75, 3.05) is 6.61 Å². The van der Waals surface area contributed by atoms with Crippen molar-refractivity contribution >= 4 is 22.4 Å². The van der Waals surface area contributed by atoms with Crippen LogP contribution in [0.2, 0.25) is 0 Å². The normalized spacial score (nSPS) is 22.1. The van der Waals surface area contributed by atoms with E-state index in [9.17, 15) is 5.26 Å². The van der Waals surface area contributed by atoms with Crippen LogP contribution in [0.15, 0.2) is 52.5 Å². The summed E-state index contributed by atoms with van der Waals surface area (Å²) < 4.78 is 0. The van der Waals surface area contributed by atoms with Gasteiger partial charge in [0.1, 0.15) is 17.7 Å². The Morgan fingerprint density at radius 2 is 1.96 bits per heavy atom. The number of thioether (sulfide) groups is 1. The zero-order chi connectivity index (χ0) is 15.9. The van der Waals surface area contributed by atoms with Crippen molar-refractivity contribution in [2.24, 2.45) is 11.1 Å². The maximum absolute atomic E-state index is 9.45. The summed E-state index contributed by atoms with van der Waals surface area (Å²) >= 11 is 1.50. The molecule has 3 nitrogen and oxygen atoms in total. The van der Waals surface area contributed by atoms with Gasteiger partial charge in [0.2, 0.25) is 0 Å². The molecule has 0 amide bonds. The van der Waals surface area contributed by atoms with Gasteiger partial charge >= 0.3 is 0 Å². The Morgan fingerprint density at radius 3 is 2.70 bits per heavy atom. The molecule has 0 aromatic heterocycles. The molecule has 3 rings (SSSR count). The summed E-state index contributed by atoms with van der Waals surface area (Å²) in [5.74, 6) is 0.650. The van der Waals surface area contributed by atoms with Crippen LogP contribution in [0.5, 0.6) is 0 Å². The van der Waals surface area contributed by atoms with E-state index < -0.39 is 0 Å². The molecule has 1 aliphatic carbocycles. The third-order valence-electron chi connectivity index (χ3n) is 4.20. The predicted octanol–water partition coefficient (Wildman–Crippen LogP) is 5.13. The van der Waals surface area contributed by atoms with Gasteiger partial charge in [-0.05, 0) is 36.5 Å². The number of rotatable bonds is 4. The maximum Gasteiger partial charge on any atom is 0.140 e. The number of benzene rings is 1. The lowest BCUT2D eigenvalue weighted by Gasteiger charge is -2.19. The number of allylic oxidation sites excluding steroid dienone is 2. The number of nitrogens with zero attached hydrogens (tertiary/aromatic N) is 2. The van der Waals surface area contributed by atoms with E-state index in [4.69, 9.17) is 4.84 Å². The Hall–Kier alpha value is -1.99. The van der Waals surface area contributed by atoms with E-state index >= 15 is 0 Å². The van der Waals surface area contributed by atoms with Gasteiger partial charge in [-0.1, -0.05) is 66.5 Å². The molecule has 0 spiro atoms. The summed E-state index contributed by atoms with van der Waals surface area (Å²) in [6.45, 7) is 0.709. The molecular formula is C19H20N2OS. The van der Waals surface area contributed by atoms with Crippen LogP contribution in [0.3, 0.4) is 0 Å². The fraction of sp³-hybridized carbons (Fsp3) is 0.368. The second kappa shape index (κ2) is 8.03. The molecular weight excluding hydrogens is 304 g/mol. The van der Waals surface area contributed by atoms with Crippen molar-refractivity contribution in [3.8, 4) is 6.07 Å². The van der Waals surface area contributed by atoms with Crippen LogP contribution in [0.25, 0.3) is 5.57 Å². The smallest absolute Gasteiger partial charge is 0.140 e. The van der Waals surface area contributed by atoms with E-state index in [1.54, 1.807) is 0 Å². The first kappa shape index (κ1) is 15.9. The van der Waals surface area contributed by atoms with Crippen LogP contribution < -0.4 is 0 Å². The fourth-order valence-electron chi connectivity index (χ4n) is 2.94. The van der Waals surface area contributed by atoms with Crippen molar-refractivity contribution in [3.63, 3.8) is 0 Å². The highest BCUT2D eigenvalue weighted by Gasteiger charge is 2.17.